The lowest BCUT2D eigenvalue weighted by atomic mass is 10.1. The van der Waals surface area contributed by atoms with Crippen LogP contribution >= 0.6 is 0 Å². The van der Waals surface area contributed by atoms with Gasteiger partial charge in [0.25, 0.3) is 0 Å². The van der Waals surface area contributed by atoms with Crippen molar-refractivity contribution in [3.05, 3.63) is 76.9 Å². The second kappa shape index (κ2) is 7.79. The van der Waals surface area contributed by atoms with E-state index >= 15 is 0 Å². The number of carbonyl (C=O) groups excluding carboxylic acids is 2. The summed E-state index contributed by atoms with van der Waals surface area (Å²) in [7, 11) is 0. The van der Waals surface area contributed by atoms with E-state index < -0.39 is 35.6 Å². The Morgan fingerprint density at radius 1 is 1.12 bits per heavy atom. The van der Waals surface area contributed by atoms with Crippen LogP contribution in [0.1, 0.15) is 21.5 Å². The summed E-state index contributed by atoms with van der Waals surface area (Å²) in [6.07, 6.45) is 2.54. The Balaban J connectivity index is 1.92. The fraction of sp³-hybridized carbons (Fsp3) is 0.0556. The van der Waals surface area contributed by atoms with Gasteiger partial charge in [0.15, 0.2) is 6.61 Å². The molecule has 0 aliphatic rings. The summed E-state index contributed by atoms with van der Waals surface area (Å²) in [4.78, 5) is 23.3. The zero-order valence-electron chi connectivity index (χ0n) is 12.3. The van der Waals surface area contributed by atoms with Crippen molar-refractivity contribution in [2.45, 2.75) is 0 Å². The van der Waals surface area contributed by atoms with E-state index in [1.54, 1.807) is 24.3 Å². The molecular formula is C18H11F2NO3. The van der Waals surface area contributed by atoms with Gasteiger partial charge in [-0.25, -0.2) is 13.6 Å². The Labute approximate surface area is 136 Å². The number of ketones is 1. The fourth-order valence-electron chi connectivity index (χ4n) is 1.81. The molecule has 0 aliphatic carbocycles. The maximum atomic E-state index is 13.4. The molecule has 0 unspecified atom stereocenters. The molecular weight excluding hydrogens is 316 g/mol. The summed E-state index contributed by atoms with van der Waals surface area (Å²) in [5, 5.41) is 8.67. The molecule has 0 amide bonds. The maximum Gasteiger partial charge on any atom is 0.331 e. The van der Waals surface area contributed by atoms with Crippen molar-refractivity contribution in [2.75, 3.05) is 6.61 Å². The Hall–Kier alpha value is -3.33. The van der Waals surface area contributed by atoms with Crippen LogP contribution in [0, 0.1) is 23.0 Å². The minimum Gasteiger partial charge on any atom is -0.454 e. The van der Waals surface area contributed by atoms with Gasteiger partial charge in [-0.05, 0) is 42.0 Å². The average Bonchev–Trinajstić information content (AvgIpc) is 2.60. The molecule has 0 spiro atoms. The molecule has 24 heavy (non-hydrogen) atoms. The molecule has 0 saturated heterocycles. The molecule has 2 aromatic carbocycles. The molecule has 0 atom stereocenters. The monoisotopic (exact) mass is 327 g/mol. The molecule has 4 nitrogen and oxygen atoms in total. The maximum absolute atomic E-state index is 13.4. The van der Waals surface area contributed by atoms with Crippen molar-refractivity contribution in [3.8, 4) is 6.07 Å². The Morgan fingerprint density at radius 3 is 2.50 bits per heavy atom. The van der Waals surface area contributed by atoms with Crippen molar-refractivity contribution in [3.63, 3.8) is 0 Å². The van der Waals surface area contributed by atoms with Crippen LogP contribution in [0.2, 0.25) is 0 Å². The Bertz CT molecular complexity index is 836. The third-order valence-corrected chi connectivity index (χ3v) is 3.03. The van der Waals surface area contributed by atoms with Gasteiger partial charge in [-0.2, -0.15) is 5.26 Å². The minimum atomic E-state index is -0.884. The molecule has 0 saturated carbocycles. The topological polar surface area (TPSA) is 67.2 Å². The van der Waals surface area contributed by atoms with Crippen molar-refractivity contribution in [2.24, 2.45) is 0 Å². The average molecular weight is 327 g/mol. The van der Waals surface area contributed by atoms with Gasteiger partial charge in [0.2, 0.25) is 5.78 Å². The van der Waals surface area contributed by atoms with E-state index in [0.717, 1.165) is 24.3 Å². The predicted molar refractivity (Wildman–Crippen MR) is 81.8 cm³/mol. The summed E-state index contributed by atoms with van der Waals surface area (Å²) >= 11 is 0. The lowest BCUT2D eigenvalue weighted by Crippen LogP contribution is -2.14. The minimum absolute atomic E-state index is 0.473. The summed E-state index contributed by atoms with van der Waals surface area (Å²) in [5.41, 5.74) is 0.671. The van der Waals surface area contributed by atoms with Crippen LogP contribution in [0.5, 0.6) is 0 Å². The Kier molecular flexibility index (Phi) is 5.53. The van der Waals surface area contributed by atoms with Crippen molar-refractivity contribution >= 4 is 17.8 Å². The van der Waals surface area contributed by atoms with E-state index in [1.165, 1.54) is 6.08 Å². The van der Waals surface area contributed by atoms with E-state index in [0.29, 0.717) is 11.1 Å². The first-order chi connectivity index (χ1) is 11.5. The second-order valence-corrected chi connectivity index (χ2v) is 4.72. The third-order valence-electron chi connectivity index (χ3n) is 3.03. The number of ether oxygens (including phenoxy) is 1. The number of esters is 1. The summed E-state index contributed by atoms with van der Waals surface area (Å²) in [5.74, 6) is -3.28. The van der Waals surface area contributed by atoms with Crippen LogP contribution in [0.25, 0.3) is 6.08 Å². The molecule has 0 heterocycles. The molecule has 0 radical (unpaired) electrons. The van der Waals surface area contributed by atoms with E-state index in [9.17, 15) is 18.4 Å². The normalized spacial score (nSPS) is 10.4. The number of rotatable bonds is 5. The number of carbonyl (C=O) groups is 2. The first-order valence-corrected chi connectivity index (χ1v) is 6.83. The highest BCUT2D eigenvalue weighted by Crippen LogP contribution is 2.11. The zero-order chi connectivity index (χ0) is 17.5. The highest BCUT2D eigenvalue weighted by molar-refractivity contribution is 5.99. The standard InChI is InChI=1S/C18H11F2NO3/c19-14-6-7-16(20)15(9-14)17(22)11-24-18(23)8-5-12-1-3-13(10-21)4-2-12/h1-9H,11H2/b8-5+. The van der Waals surface area contributed by atoms with Crippen LogP contribution in [-0.2, 0) is 9.53 Å². The summed E-state index contributed by atoms with van der Waals surface area (Å²) < 4.78 is 31.1. The Morgan fingerprint density at radius 2 is 1.83 bits per heavy atom. The SMILES string of the molecule is N#Cc1ccc(/C=C/C(=O)OCC(=O)c2cc(F)ccc2F)cc1. The van der Waals surface area contributed by atoms with Crippen LogP contribution < -0.4 is 0 Å². The van der Waals surface area contributed by atoms with E-state index in [2.05, 4.69) is 0 Å². The van der Waals surface area contributed by atoms with Gasteiger partial charge in [-0.15, -0.1) is 0 Å². The highest BCUT2D eigenvalue weighted by Gasteiger charge is 2.14. The van der Waals surface area contributed by atoms with Crippen molar-refractivity contribution in [1.82, 2.24) is 0 Å². The number of nitrogens with zero attached hydrogens (tertiary/aromatic N) is 1. The van der Waals surface area contributed by atoms with Crippen LogP contribution in [-0.4, -0.2) is 18.4 Å². The van der Waals surface area contributed by atoms with Crippen molar-refractivity contribution in [1.29, 1.82) is 5.26 Å². The summed E-state index contributed by atoms with van der Waals surface area (Å²) in [6.45, 7) is -0.698. The zero-order valence-corrected chi connectivity index (χ0v) is 12.3. The number of Topliss-reactive ketones (excluding diaryl/α,β-unsaturated/α-hetero) is 1. The van der Waals surface area contributed by atoms with E-state index in [4.69, 9.17) is 10.00 Å². The molecule has 2 rings (SSSR count). The van der Waals surface area contributed by atoms with Gasteiger partial charge in [-0.1, -0.05) is 12.1 Å². The third kappa shape index (κ3) is 4.58. The predicted octanol–water partition coefficient (Wildman–Crippen LogP) is 3.28. The molecule has 6 heteroatoms. The van der Waals surface area contributed by atoms with Crippen LogP contribution in [0.15, 0.2) is 48.5 Å². The number of hydrogen-bond donors (Lipinski definition) is 0. The number of halogens is 2. The van der Waals surface area contributed by atoms with Crippen molar-refractivity contribution < 1.29 is 23.1 Å². The van der Waals surface area contributed by atoms with Gasteiger partial charge in [0.05, 0.1) is 17.2 Å². The lowest BCUT2D eigenvalue weighted by Gasteiger charge is -2.03. The number of hydrogen-bond acceptors (Lipinski definition) is 4. The molecule has 0 aliphatic heterocycles. The van der Waals surface area contributed by atoms with E-state index in [-0.39, 0.29) is 0 Å². The number of nitriles is 1. The second-order valence-electron chi connectivity index (χ2n) is 4.72. The van der Waals surface area contributed by atoms with Crippen LogP contribution in [0.3, 0.4) is 0 Å². The lowest BCUT2D eigenvalue weighted by molar-refractivity contribution is -0.136. The van der Waals surface area contributed by atoms with Gasteiger partial charge >= 0.3 is 5.97 Å². The molecule has 0 fully saturated rings. The quantitative estimate of drug-likeness (QED) is 0.480. The number of benzene rings is 2. The molecule has 0 bridgehead atoms. The first kappa shape index (κ1) is 17.0. The molecule has 120 valence electrons. The molecule has 0 N–H and O–H groups in total. The van der Waals surface area contributed by atoms with Gasteiger partial charge < -0.3 is 4.74 Å². The largest absolute Gasteiger partial charge is 0.454 e. The highest BCUT2D eigenvalue weighted by atomic mass is 19.1. The molecule has 2 aromatic rings. The van der Waals surface area contributed by atoms with Crippen LogP contribution in [0.4, 0.5) is 8.78 Å². The summed E-state index contributed by atoms with van der Waals surface area (Å²) in [6, 6.07) is 10.9. The van der Waals surface area contributed by atoms with E-state index in [1.807, 2.05) is 6.07 Å². The van der Waals surface area contributed by atoms with Gasteiger partial charge in [0, 0.05) is 6.08 Å². The van der Waals surface area contributed by atoms with Gasteiger partial charge in [0.1, 0.15) is 11.6 Å². The first-order valence-electron chi connectivity index (χ1n) is 6.83. The smallest absolute Gasteiger partial charge is 0.331 e. The fourth-order valence-corrected chi connectivity index (χ4v) is 1.81. The molecule has 0 aromatic heterocycles. The van der Waals surface area contributed by atoms with Gasteiger partial charge in [-0.3, -0.25) is 4.79 Å².